The lowest BCUT2D eigenvalue weighted by Gasteiger charge is -1.66. The van der Waals surface area contributed by atoms with E-state index in [9.17, 15) is 4.79 Å². The maximum absolute atomic E-state index is 9.38. The predicted molar refractivity (Wildman–Crippen MR) is 24.9 cm³/mol. The van der Waals surface area contributed by atoms with Gasteiger partial charge in [0.2, 0.25) is 0 Å². The van der Waals surface area contributed by atoms with Gasteiger partial charge in [0.25, 0.3) is 0 Å². The van der Waals surface area contributed by atoms with E-state index < -0.39 is 0 Å². The predicted octanol–water partition coefficient (Wildman–Crippen LogP) is 0.574. The number of hydrogen-bond donors (Lipinski definition) is 0. The Morgan fingerprint density at radius 1 is 2.00 bits per heavy atom. The number of rotatable bonds is 1. The molecular weight excluding hydrogens is 83.0 g/mol. The van der Waals surface area contributed by atoms with Crippen LogP contribution in [0, 0.1) is 0 Å². The van der Waals surface area contributed by atoms with Crippen molar-refractivity contribution in [2.45, 2.75) is 0 Å². The van der Waals surface area contributed by atoms with Crippen molar-refractivity contribution >= 4 is 15.5 Å². The molecule has 0 aliphatic rings. The minimum absolute atomic E-state index is 0.491. The van der Waals surface area contributed by atoms with Crippen molar-refractivity contribution in [1.29, 1.82) is 0 Å². The highest BCUT2D eigenvalue weighted by molar-refractivity contribution is 7.24. The van der Waals surface area contributed by atoms with Crippen LogP contribution in [0.2, 0.25) is 0 Å². The summed E-state index contributed by atoms with van der Waals surface area (Å²) in [4.78, 5) is 9.38. The van der Waals surface area contributed by atoms with E-state index in [1.165, 1.54) is 0 Å². The fourth-order valence-corrected chi connectivity index (χ4v) is 0. The van der Waals surface area contributed by atoms with E-state index in [2.05, 4.69) is 15.8 Å². The Labute approximate surface area is 33.3 Å². The zero-order chi connectivity index (χ0) is 4.28. The van der Waals surface area contributed by atoms with Gasteiger partial charge >= 0.3 is 0 Å². The molecule has 0 N–H and O–H groups in total. The molecule has 1 unspecified atom stereocenters. The Balaban J connectivity index is 3.20. The Morgan fingerprint density at radius 3 is 2.20 bits per heavy atom. The monoisotopic (exact) mass is 88.0 g/mol. The topological polar surface area (TPSA) is 17.1 Å². The minimum Gasteiger partial charge on any atom is -0.298 e. The van der Waals surface area contributed by atoms with Crippen molar-refractivity contribution in [3.8, 4) is 0 Å². The quantitative estimate of drug-likeness (QED) is 0.260. The van der Waals surface area contributed by atoms with Gasteiger partial charge < -0.3 is 0 Å². The molecule has 0 heterocycles. The SMILES string of the molecule is C=C(P)C=O. The van der Waals surface area contributed by atoms with Crippen molar-refractivity contribution in [3.05, 3.63) is 11.9 Å². The molecule has 0 aliphatic carbocycles. The van der Waals surface area contributed by atoms with Gasteiger partial charge in [-0.05, 0) is 0 Å². The average Bonchev–Trinajstić information content (AvgIpc) is 1.38. The van der Waals surface area contributed by atoms with Crippen LogP contribution in [0.5, 0.6) is 0 Å². The lowest BCUT2D eigenvalue weighted by Crippen LogP contribution is -1.58. The second-order valence-electron chi connectivity index (χ2n) is 0.693. The molecule has 0 saturated heterocycles. The van der Waals surface area contributed by atoms with Gasteiger partial charge in [-0.15, -0.1) is 9.24 Å². The number of allylic oxidation sites excluding steroid dienone is 1. The number of carbonyl (C=O) groups excluding carboxylic acids is 1. The van der Waals surface area contributed by atoms with Gasteiger partial charge in [0.05, 0.1) is 0 Å². The highest BCUT2D eigenvalue weighted by atomic mass is 31.0. The first-order chi connectivity index (χ1) is 2.27. The number of carbonyl (C=O) groups is 1. The van der Waals surface area contributed by atoms with Crippen LogP contribution in [0.4, 0.5) is 0 Å². The van der Waals surface area contributed by atoms with Crippen molar-refractivity contribution in [3.63, 3.8) is 0 Å². The lowest BCUT2D eigenvalue weighted by molar-refractivity contribution is -0.104. The molecule has 0 spiro atoms. The van der Waals surface area contributed by atoms with E-state index in [-0.39, 0.29) is 0 Å². The minimum atomic E-state index is 0.491. The van der Waals surface area contributed by atoms with E-state index in [0.29, 0.717) is 11.6 Å². The van der Waals surface area contributed by atoms with Crippen molar-refractivity contribution in [2.75, 3.05) is 0 Å². The van der Waals surface area contributed by atoms with Gasteiger partial charge in [-0.1, -0.05) is 6.58 Å². The van der Waals surface area contributed by atoms with Crippen LogP contribution < -0.4 is 0 Å². The lowest BCUT2D eigenvalue weighted by atomic mass is 10.7. The van der Waals surface area contributed by atoms with Crippen molar-refractivity contribution in [2.24, 2.45) is 0 Å². The smallest absolute Gasteiger partial charge is 0.149 e. The molecule has 0 rings (SSSR count). The molecule has 0 radical (unpaired) electrons. The third-order valence-corrected chi connectivity index (χ3v) is 0.287. The van der Waals surface area contributed by atoms with Gasteiger partial charge in [0.1, 0.15) is 6.29 Å². The summed E-state index contributed by atoms with van der Waals surface area (Å²) in [6, 6.07) is 0. The van der Waals surface area contributed by atoms with Gasteiger partial charge in [-0.25, -0.2) is 0 Å². The average molecular weight is 88.0 g/mol. The second-order valence-corrected chi connectivity index (χ2v) is 1.43. The highest BCUT2D eigenvalue weighted by Crippen LogP contribution is 1.91. The number of hydrogen-bond acceptors (Lipinski definition) is 1. The standard InChI is InChI=1S/C3H5OP/c1-3(5)2-4/h2H,1,5H2. The van der Waals surface area contributed by atoms with E-state index in [4.69, 9.17) is 0 Å². The molecule has 0 fully saturated rings. The van der Waals surface area contributed by atoms with Crippen LogP contribution in [-0.2, 0) is 4.79 Å². The molecule has 0 aromatic rings. The molecule has 0 saturated carbocycles. The van der Waals surface area contributed by atoms with Crippen LogP contribution in [0.1, 0.15) is 0 Å². The summed E-state index contributed by atoms with van der Waals surface area (Å²) >= 11 is 0. The van der Waals surface area contributed by atoms with Crippen LogP contribution in [0.15, 0.2) is 11.9 Å². The summed E-state index contributed by atoms with van der Waals surface area (Å²) in [6.07, 6.45) is 0.685. The van der Waals surface area contributed by atoms with E-state index in [1.807, 2.05) is 0 Å². The van der Waals surface area contributed by atoms with Crippen LogP contribution >= 0.6 is 9.24 Å². The molecule has 0 amide bonds. The first-order valence-corrected chi connectivity index (χ1v) is 1.74. The van der Waals surface area contributed by atoms with Crippen molar-refractivity contribution < 1.29 is 4.79 Å². The molecule has 0 aliphatic heterocycles. The maximum Gasteiger partial charge on any atom is 0.149 e. The fourth-order valence-electron chi connectivity index (χ4n) is 0. The molecule has 0 aromatic heterocycles. The highest BCUT2D eigenvalue weighted by Gasteiger charge is 1.66. The number of aldehydes is 1. The molecule has 28 valence electrons. The molecule has 0 bridgehead atoms. The summed E-state index contributed by atoms with van der Waals surface area (Å²) < 4.78 is 0. The summed E-state index contributed by atoms with van der Waals surface area (Å²) in [6.45, 7) is 3.27. The molecule has 1 atom stereocenters. The first-order valence-electron chi connectivity index (χ1n) is 1.17. The van der Waals surface area contributed by atoms with Crippen LogP contribution in [0.25, 0.3) is 0 Å². The van der Waals surface area contributed by atoms with Crippen LogP contribution in [0.3, 0.4) is 0 Å². The van der Waals surface area contributed by atoms with E-state index in [0.717, 1.165) is 0 Å². The van der Waals surface area contributed by atoms with Gasteiger partial charge in [-0.2, -0.15) is 0 Å². The third kappa shape index (κ3) is 3.84. The Morgan fingerprint density at radius 2 is 2.20 bits per heavy atom. The Kier molecular flexibility index (Phi) is 2.03. The molecular formula is C3H5OP. The van der Waals surface area contributed by atoms with Crippen LogP contribution in [-0.4, -0.2) is 6.29 Å². The second kappa shape index (κ2) is 2.10. The Bertz CT molecular complexity index is 57.9. The summed E-state index contributed by atoms with van der Waals surface area (Å²) in [5, 5.41) is 0.491. The van der Waals surface area contributed by atoms with Crippen molar-refractivity contribution in [1.82, 2.24) is 0 Å². The normalized spacial score (nSPS) is 6.60. The van der Waals surface area contributed by atoms with E-state index in [1.54, 1.807) is 0 Å². The fraction of sp³-hybridized carbons (Fsp3) is 0. The Hall–Kier alpha value is -0.160. The molecule has 0 aromatic carbocycles. The van der Waals surface area contributed by atoms with Gasteiger partial charge in [0.15, 0.2) is 0 Å². The largest absolute Gasteiger partial charge is 0.298 e. The zero-order valence-electron chi connectivity index (χ0n) is 2.77. The summed E-state index contributed by atoms with van der Waals surface area (Å²) in [5.74, 6) is 0. The third-order valence-electron chi connectivity index (χ3n) is 0.151. The summed E-state index contributed by atoms with van der Waals surface area (Å²) in [5.41, 5.74) is 0. The summed E-state index contributed by atoms with van der Waals surface area (Å²) in [7, 11) is 2.17. The molecule has 1 nitrogen and oxygen atoms in total. The molecule has 2 heteroatoms. The zero-order valence-corrected chi connectivity index (χ0v) is 3.92. The molecule has 5 heavy (non-hydrogen) atoms. The van der Waals surface area contributed by atoms with Gasteiger partial charge in [-0.3, -0.25) is 4.79 Å². The first kappa shape index (κ1) is 4.84. The van der Waals surface area contributed by atoms with E-state index >= 15 is 0 Å². The maximum atomic E-state index is 9.38. The van der Waals surface area contributed by atoms with Gasteiger partial charge in [0, 0.05) is 5.31 Å².